The lowest BCUT2D eigenvalue weighted by Crippen LogP contribution is -2.26. The second-order valence-electron chi connectivity index (χ2n) is 5.49. The van der Waals surface area contributed by atoms with Crippen LogP contribution in [0.2, 0.25) is 0 Å². The highest BCUT2D eigenvalue weighted by Gasteiger charge is 2.13. The highest BCUT2D eigenvalue weighted by atomic mass is 15.1. The molecule has 0 saturated carbocycles. The van der Waals surface area contributed by atoms with Gasteiger partial charge in [-0.15, -0.1) is 0 Å². The molecule has 116 valence electrons. The minimum atomic E-state index is 0.801. The lowest BCUT2D eigenvalue weighted by Gasteiger charge is -2.21. The molecule has 3 heterocycles. The van der Waals surface area contributed by atoms with E-state index in [4.69, 9.17) is 0 Å². The van der Waals surface area contributed by atoms with Crippen LogP contribution >= 0.6 is 0 Å². The normalized spacial score (nSPS) is 11.4. The standard InChI is InChI=1S/C15H21N7/c1-11-14(20-9-17-11)6-22(4-3-13-5-16-8-19-13)7-15-12(2)18-10-21-15/h5,8-10H,3-4,6-7H2,1-2H3,(H,16,19)(H,17,20)(H,18,21). The first-order chi connectivity index (χ1) is 10.7. The number of H-pyrrole nitrogens is 3. The van der Waals surface area contributed by atoms with Crippen molar-refractivity contribution in [3.05, 3.63) is 53.6 Å². The Labute approximate surface area is 129 Å². The Balaban J connectivity index is 1.69. The van der Waals surface area contributed by atoms with Gasteiger partial charge in [0.1, 0.15) is 0 Å². The van der Waals surface area contributed by atoms with Crippen molar-refractivity contribution in [3.63, 3.8) is 0 Å². The Morgan fingerprint density at radius 3 is 2.00 bits per heavy atom. The van der Waals surface area contributed by atoms with Crippen molar-refractivity contribution in [1.82, 2.24) is 34.8 Å². The SMILES string of the molecule is Cc1[nH]cnc1CN(CCc1cnc[nH]1)Cc1nc[nH]c1C. The summed E-state index contributed by atoms with van der Waals surface area (Å²) in [6, 6.07) is 0. The molecule has 0 fully saturated rings. The monoisotopic (exact) mass is 299 g/mol. The summed E-state index contributed by atoms with van der Waals surface area (Å²) in [5, 5.41) is 0. The van der Waals surface area contributed by atoms with Gasteiger partial charge in [0.2, 0.25) is 0 Å². The molecule has 0 aromatic carbocycles. The lowest BCUT2D eigenvalue weighted by molar-refractivity contribution is 0.253. The van der Waals surface area contributed by atoms with Crippen molar-refractivity contribution in [2.24, 2.45) is 0 Å². The first-order valence-electron chi connectivity index (χ1n) is 7.39. The zero-order valence-corrected chi connectivity index (χ0v) is 12.9. The van der Waals surface area contributed by atoms with Gasteiger partial charge in [0, 0.05) is 49.3 Å². The third kappa shape index (κ3) is 3.43. The largest absolute Gasteiger partial charge is 0.348 e. The molecular formula is C15H21N7. The third-order valence-electron chi connectivity index (χ3n) is 3.87. The zero-order valence-electron chi connectivity index (χ0n) is 12.9. The number of aromatic nitrogens is 6. The summed E-state index contributed by atoms with van der Waals surface area (Å²) in [7, 11) is 0. The fourth-order valence-corrected chi connectivity index (χ4v) is 2.43. The second kappa shape index (κ2) is 6.57. The van der Waals surface area contributed by atoms with Gasteiger partial charge in [-0.2, -0.15) is 0 Å². The minimum absolute atomic E-state index is 0.801. The van der Waals surface area contributed by atoms with Gasteiger partial charge in [0.05, 0.1) is 30.4 Å². The fraction of sp³-hybridized carbons (Fsp3) is 0.400. The van der Waals surface area contributed by atoms with Crippen LogP contribution in [0.4, 0.5) is 0 Å². The van der Waals surface area contributed by atoms with Crippen LogP contribution in [0, 0.1) is 13.8 Å². The molecule has 0 aliphatic carbocycles. The summed E-state index contributed by atoms with van der Waals surface area (Å²) in [6.45, 7) is 6.62. The van der Waals surface area contributed by atoms with Crippen molar-refractivity contribution >= 4 is 0 Å². The maximum atomic E-state index is 4.41. The predicted molar refractivity (Wildman–Crippen MR) is 83.1 cm³/mol. The quantitative estimate of drug-likeness (QED) is 0.619. The van der Waals surface area contributed by atoms with Crippen LogP contribution in [0.15, 0.2) is 25.2 Å². The van der Waals surface area contributed by atoms with Crippen molar-refractivity contribution in [1.29, 1.82) is 0 Å². The molecule has 3 rings (SSSR count). The van der Waals surface area contributed by atoms with Gasteiger partial charge in [-0.25, -0.2) is 15.0 Å². The molecule has 0 unspecified atom stereocenters. The molecule has 0 atom stereocenters. The molecule has 0 spiro atoms. The van der Waals surface area contributed by atoms with E-state index in [2.05, 4.69) is 48.7 Å². The van der Waals surface area contributed by atoms with Gasteiger partial charge in [-0.1, -0.05) is 0 Å². The molecule has 0 amide bonds. The molecule has 7 heteroatoms. The Morgan fingerprint density at radius 2 is 1.55 bits per heavy atom. The molecular weight excluding hydrogens is 278 g/mol. The van der Waals surface area contributed by atoms with Crippen LogP contribution in [-0.2, 0) is 19.5 Å². The lowest BCUT2D eigenvalue weighted by atomic mass is 10.2. The number of hydrogen-bond donors (Lipinski definition) is 3. The molecule has 3 aromatic heterocycles. The molecule has 7 nitrogen and oxygen atoms in total. The summed E-state index contributed by atoms with van der Waals surface area (Å²) in [5.74, 6) is 0. The first kappa shape index (κ1) is 14.5. The van der Waals surface area contributed by atoms with E-state index in [1.54, 1.807) is 19.0 Å². The predicted octanol–water partition coefficient (Wildman–Crippen LogP) is 1.72. The average molecular weight is 299 g/mol. The van der Waals surface area contributed by atoms with Crippen molar-refractivity contribution < 1.29 is 0 Å². The molecule has 3 N–H and O–H groups in total. The number of aryl methyl sites for hydroxylation is 2. The van der Waals surface area contributed by atoms with Crippen LogP contribution < -0.4 is 0 Å². The summed E-state index contributed by atoms with van der Waals surface area (Å²) in [6.07, 6.45) is 8.01. The molecule has 0 bridgehead atoms. The Morgan fingerprint density at radius 1 is 0.909 bits per heavy atom. The number of nitrogens with zero attached hydrogens (tertiary/aromatic N) is 4. The van der Waals surface area contributed by atoms with Crippen LogP contribution in [-0.4, -0.2) is 41.3 Å². The minimum Gasteiger partial charge on any atom is -0.348 e. The topological polar surface area (TPSA) is 89.3 Å². The van der Waals surface area contributed by atoms with Crippen LogP contribution in [0.25, 0.3) is 0 Å². The van der Waals surface area contributed by atoms with E-state index in [0.717, 1.165) is 54.5 Å². The van der Waals surface area contributed by atoms with Gasteiger partial charge in [0.15, 0.2) is 0 Å². The Bertz CT molecular complexity index is 653. The first-order valence-corrected chi connectivity index (χ1v) is 7.39. The van der Waals surface area contributed by atoms with Crippen molar-refractivity contribution in [2.45, 2.75) is 33.4 Å². The Kier molecular flexibility index (Phi) is 4.34. The highest BCUT2D eigenvalue weighted by Crippen LogP contribution is 2.12. The van der Waals surface area contributed by atoms with E-state index >= 15 is 0 Å². The van der Waals surface area contributed by atoms with Gasteiger partial charge < -0.3 is 15.0 Å². The smallest absolute Gasteiger partial charge is 0.0925 e. The van der Waals surface area contributed by atoms with Crippen LogP contribution in [0.5, 0.6) is 0 Å². The number of imidazole rings is 3. The number of aromatic amines is 3. The number of nitrogens with one attached hydrogen (secondary N) is 3. The van der Waals surface area contributed by atoms with Gasteiger partial charge in [-0.05, 0) is 13.8 Å². The maximum Gasteiger partial charge on any atom is 0.0925 e. The zero-order chi connectivity index (χ0) is 15.4. The second-order valence-corrected chi connectivity index (χ2v) is 5.49. The molecule has 0 aliphatic heterocycles. The van der Waals surface area contributed by atoms with E-state index in [1.807, 2.05) is 6.20 Å². The average Bonchev–Trinajstić information content (AvgIpc) is 3.22. The summed E-state index contributed by atoms with van der Waals surface area (Å²) in [4.78, 5) is 24.7. The van der Waals surface area contributed by atoms with Gasteiger partial charge >= 0.3 is 0 Å². The summed E-state index contributed by atoms with van der Waals surface area (Å²) < 4.78 is 0. The van der Waals surface area contributed by atoms with E-state index < -0.39 is 0 Å². The maximum absolute atomic E-state index is 4.41. The van der Waals surface area contributed by atoms with Crippen molar-refractivity contribution in [2.75, 3.05) is 6.54 Å². The fourth-order valence-electron chi connectivity index (χ4n) is 2.43. The molecule has 0 aliphatic rings. The van der Waals surface area contributed by atoms with Crippen molar-refractivity contribution in [3.8, 4) is 0 Å². The third-order valence-corrected chi connectivity index (χ3v) is 3.87. The number of rotatable bonds is 7. The summed E-state index contributed by atoms with van der Waals surface area (Å²) >= 11 is 0. The molecule has 3 aromatic rings. The molecule has 0 saturated heterocycles. The van der Waals surface area contributed by atoms with Gasteiger partial charge in [-0.3, -0.25) is 4.90 Å². The van der Waals surface area contributed by atoms with Crippen LogP contribution in [0.1, 0.15) is 28.5 Å². The highest BCUT2D eigenvalue weighted by molar-refractivity contribution is 5.11. The summed E-state index contributed by atoms with van der Waals surface area (Å²) in [5.41, 5.74) is 5.54. The van der Waals surface area contributed by atoms with Crippen LogP contribution in [0.3, 0.4) is 0 Å². The molecule has 0 radical (unpaired) electrons. The Hall–Kier alpha value is -2.41. The van der Waals surface area contributed by atoms with E-state index in [1.165, 1.54) is 0 Å². The number of hydrogen-bond acceptors (Lipinski definition) is 4. The van der Waals surface area contributed by atoms with E-state index in [0.29, 0.717) is 0 Å². The molecule has 22 heavy (non-hydrogen) atoms. The van der Waals surface area contributed by atoms with E-state index in [-0.39, 0.29) is 0 Å². The van der Waals surface area contributed by atoms with E-state index in [9.17, 15) is 0 Å². The van der Waals surface area contributed by atoms with Gasteiger partial charge in [0.25, 0.3) is 0 Å².